The zero-order valence-electron chi connectivity index (χ0n) is 21.6. The van der Waals surface area contributed by atoms with Crippen LogP contribution in [-0.2, 0) is 0 Å². The molecule has 14 heteroatoms. The number of pyridine rings is 1. The van der Waals surface area contributed by atoms with Crippen molar-refractivity contribution in [2.75, 3.05) is 5.32 Å². The Labute approximate surface area is 242 Å². The Balaban J connectivity index is 1.52. The minimum absolute atomic E-state index is 0.0253. The van der Waals surface area contributed by atoms with Crippen LogP contribution in [0.1, 0.15) is 44.3 Å². The van der Waals surface area contributed by atoms with E-state index in [4.69, 9.17) is 5.73 Å². The zero-order valence-corrected chi connectivity index (χ0v) is 22.4. The first-order valence-corrected chi connectivity index (χ1v) is 13.3. The lowest BCUT2D eigenvalue weighted by atomic mass is 10.0. The van der Waals surface area contributed by atoms with E-state index in [2.05, 4.69) is 20.4 Å². The molecule has 4 aromatic heterocycles. The first-order chi connectivity index (χ1) is 20.6. The molecule has 0 aliphatic carbocycles. The van der Waals surface area contributed by atoms with Crippen molar-refractivity contribution in [3.05, 3.63) is 101 Å². The maximum atomic E-state index is 14.0. The van der Waals surface area contributed by atoms with Crippen molar-refractivity contribution in [1.29, 1.82) is 0 Å². The van der Waals surface area contributed by atoms with Crippen molar-refractivity contribution in [1.82, 2.24) is 19.6 Å². The van der Waals surface area contributed by atoms with Gasteiger partial charge in [0.05, 0.1) is 17.6 Å². The number of alkyl halides is 4. The highest BCUT2D eigenvalue weighted by molar-refractivity contribution is 7.21. The Morgan fingerprint density at radius 2 is 1.63 bits per heavy atom. The van der Waals surface area contributed by atoms with Gasteiger partial charge in [0.15, 0.2) is 5.65 Å². The van der Waals surface area contributed by atoms with E-state index in [1.54, 1.807) is 30.3 Å². The lowest BCUT2D eigenvalue weighted by molar-refractivity contribution is 0.100. The predicted octanol–water partition coefficient (Wildman–Crippen LogP) is 7.04. The maximum Gasteiger partial charge on any atom is 0.280 e. The topological polar surface area (TPSA) is 115 Å². The van der Waals surface area contributed by atoms with E-state index in [0.29, 0.717) is 11.1 Å². The molecule has 8 nitrogen and oxygen atoms in total. The summed E-state index contributed by atoms with van der Waals surface area (Å²) < 4.78 is 69.9. The van der Waals surface area contributed by atoms with Crippen LogP contribution >= 0.6 is 11.3 Å². The average Bonchev–Trinajstić information content (AvgIpc) is 3.59. The quantitative estimate of drug-likeness (QED) is 0.189. The molecule has 6 aromatic rings. The summed E-state index contributed by atoms with van der Waals surface area (Å²) in [7, 11) is 0. The number of aromatic nitrogens is 4. The largest absolute Gasteiger partial charge is 0.365 e. The predicted molar refractivity (Wildman–Crippen MR) is 150 cm³/mol. The summed E-state index contributed by atoms with van der Waals surface area (Å²) in [6, 6.07) is 15.6. The molecule has 2 aromatic carbocycles. The number of rotatable bonds is 7. The number of fused-ring (bicyclic) bond motifs is 2. The number of amides is 2. The average molecular weight is 609 g/mol. The van der Waals surface area contributed by atoms with Crippen molar-refractivity contribution in [3.63, 3.8) is 0 Å². The van der Waals surface area contributed by atoms with Crippen LogP contribution in [-0.4, -0.2) is 31.4 Å². The molecular weight excluding hydrogens is 591 g/mol. The molecule has 0 atom stereocenters. The van der Waals surface area contributed by atoms with Crippen LogP contribution in [0.15, 0.2) is 72.9 Å². The van der Waals surface area contributed by atoms with E-state index in [9.17, 15) is 31.5 Å². The molecule has 3 N–H and O–H groups in total. The summed E-state index contributed by atoms with van der Waals surface area (Å²) >= 11 is 0.723. The molecule has 0 fully saturated rings. The van der Waals surface area contributed by atoms with Gasteiger partial charge in [0, 0.05) is 10.9 Å². The maximum absolute atomic E-state index is 14.0. The van der Waals surface area contributed by atoms with Gasteiger partial charge < -0.3 is 11.1 Å². The Kier molecular flexibility index (Phi) is 7.05. The number of primary amides is 1. The number of nitrogens with zero attached hydrogens (tertiary/aromatic N) is 4. The first-order valence-electron chi connectivity index (χ1n) is 12.5. The van der Waals surface area contributed by atoms with E-state index in [-0.39, 0.29) is 43.2 Å². The van der Waals surface area contributed by atoms with Gasteiger partial charge in [-0.3, -0.25) is 9.59 Å². The van der Waals surface area contributed by atoms with Crippen molar-refractivity contribution in [2.24, 2.45) is 5.73 Å². The summed E-state index contributed by atoms with van der Waals surface area (Å²) in [4.78, 5) is 34.3. The van der Waals surface area contributed by atoms with E-state index in [1.807, 2.05) is 0 Å². The molecular formula is C29H17F5N6O2S. The van der Waals surface area contributed by atoms with Crippen LogP contribution in [0, 0.1) is 5.82 Å². The van der Waals surface area contributed by atoms with Crippen LogP contribution in [0.3, 0.4) is 0 Å². The standard InChI is InChI=1S/C29H17F5N6O2S/c30-15-8-6-14(7-9-15)18-11-20(25(33)34)40-27(37-18)17(12-36-40)28(42)39-22-21-16(13-4-2-1-3-5-13)10-19(24(31)32)38-29(21)43-23(22)26(35)41/h1-12,24-25H,(H2,35,41)(H,39,42). The van der Waals surface area contributed by atoms with Crippen LogP contribution in [0.5, 0.6) is 0 Å². The van der Waals surface area contributed by atoms with Crippen LogP contribution in [0.2, 0.25) is 0 Å². The van der Waals surface area contributed by atoms with Gasteiger partial charge in [0.25, 0.3) is 24.7 Å². The van der Waals surface area contributed by atoms with Gasteiger partial charge in [-0.15, -0.1) is 11.3 Å². The number of hydrogen-bond acceptors (Lipinski definition) is 6. The zero-order chi connectivity index (χ0) is 30.4. The molecule has 0 saturated heterocycles. The third-order valence-electron chi connectivity index (χ3n) is 6.56. The van der Waals surface area contributed by atoms with E-state index >= 15 is 0 Å². The molecule has 0 saturated carbocycles. The molecule has 0 radical (unpaired) electrons. The number of carbonyl (C=O) groups is 2. The molecule has 0 aliphatic rings. The summed E-state index contributed by atoms with van der Waals surface area (Å²) in [6.45, 7) is 0. The number of halogens is 5. The lowest BCUT2D eigenvalue weighted by Gasteiger charge is -2.11. The highest BCUT2D eigenvalue weighted by atomic mass is 32.1. The van der Waals surface area contributed by atoms with Gasteiger partial charge in [-0.05, 0) is 47.5 Å². The molecule has 0 spiro atoms. The van der Waals surface area contributed by atoms with Gasteiger partial charge in [0.2, 0.25) is 0 Å². The first kappa shape index (κ1) is 27.9. The summed E-state index contributed by atoms with van der Waals surface area (Å²) in [5.74, 6) is -2.38. The van der Waals surface area contributed by atoms with Crippen LogP contribution < -0.4 is 11.1 Å². The number of nitrogens with two attached hydrogens (primary N) is 1. The Morgan fingerprint density at radius 1 is 0.907 bits per heavy atom. The fourth-order valence-corrected chi connectivity index (χ4v) is 5.63. The summed E-state index contributed by atoms with van der Waals surface area (Å²) in [5.41, 5.74) is 5.03. The molecule has 216 valence electrons. The normalized spacial score (nSPS) is 11.6. The van der Waals surface area contributed by atoms with Crippen molar-refractivity contribution < 1.29 is 31.5 Å². The van der Waals surface area contributed by atoms with Gasteiger partial charge in [-0.2, -0.15) is 5.10 Å². The molecule has 6 rings (SSSR count). The molecule has 0 aliphatic heterocycles. The summed E-state index contributed by atoms with van der Waals surface area (Å²) in [5, 5.41) is 6.71. The number of carbonyl (C=O) groups excluding carboxylic acids is 2. The van der Waals surface area contributed by atoms with Crippen molar-refractivity contribution >= 4 is 44.7 Å². The second kappa shape index (κ2) is 10.9. The van der Waals surface area contributed by atoms with Crippen molar-refractivity contribution in [3.8, 4) is 22.4 Å². The Morgan fingerprint density at radius 3 is 2.28 bits per heavy atom. The monoisotopic (exact) mass is 608 g/mol. The van der Waals surface area contributed by atoms with E-state index in [1.165, 1.54) is 12.1 Å². The van der Waals surface area contributed by atoms with Crippen LogP contribution in [0.25, 0.3) is 38.2 Å². The van der Waals surface area contributed by atoms with Gasteiger partial charge in [0.1, 0.15) is 32.5 Å². The van der Waals surface area contributed by atoms with Gasteiger partial charge >= 0.3 is 0 Å². The number of thiophene rings is 1. The second-order valence-electron chi connectivity index (χ2n) is 9.23. The third kappa shape index (κ3) is 5.05. The lowest BCUT2D eigenvalue weighted by Crippen LogP contribution is -2.17. The number of anilines is 1. The van der Waals surface area contributed by atoms with Gasteiger partial charge in [-0.25, -0.2) is 36.4 Å². The third-order valence-corrected chi connectivity index (χ3v) is 7.66. The van der Waals surface area contributed by atoms with Crippen LogP contribution in [0.4, 0.5) is 27.6 Å². The smallest absolute Gasteiger partial charge is 0.280 e. The molecule has 4 heterocycles. The van der Waals surface area contributed by atoms with E-state index in [0.717, 1.165) is 46.3 Å². The minimum Gasteiger partial charge on any atom is -0.365 e. The SMILES string of the molecule is NC(=O)c1sc2nc(C(F)F)cc(-c3ccccc3)c2c1NC(=O)c1cnn2c(C(F)F)cc(-c3ccc(F)cc3)nc12. The highest BCUT2D eigenvalue weighted by Crippen LogP contribution is 2.42. The Bertz CT molecular complexity index is 2030. The fraction of sp³-hybridized carbons (Fsp3) is 0.0690. The fourth-order valence-electron chi connectivity index (χ4n) is 4.62. The number of benzene rings is 2. The number of hydrogen-bond donors (Lipinski definition) is 2. The van der Waals surface area contributed by atoms with Gasteiger partial charge in [-0.1, -0.05) is 30.3 Å². The molecule has 0 unspecified atom stereocenters. The second-order valence-corrected chi connectivity index (χ2v) is 10.2. The minimum atomic E-state index is -3.01. The summed E-state index contributed by atoms with van der Waals surface area (Å²) in [6.07, 6.45) is -4.90. The Hall–Kier alpha value is -5.24. The molecule has 43 heavy (non-hydrogen) atoms. The molecule has 2 amide bonds. The highest BCUT2D eigenvalue weighted by Gasteiger charge is 2.27. The number of nitrogens with one attached hydrogen (secondary N) is 1. The van der Waals surface area contributed by atoms with Crippen molar-refractivity contribution in [2.45, 2.75) is 12.9 Å². The molecule has 0 bridgehead atoms. The van der Waals surface area contributed by atoms with E-state index < -0.39 is 41.9 Å².